The van der Waals surface area contributed by atoms with Crippen molar-refractivity contribution in [1.82, 2.24) is 5.32 Å². The molecule has 4 amide bonds. The molecule has 7 nitrogen and oxygen atoms in total. The molecule has 2 atom stereocenters. The molecule has 3 aliphatic rings. The van der Waals surface area contributed by atoms with E-state index in [0.29, 0.717) is 27.0 Å². The fraction of sp³-hybridized carbons (Fsp3) is 0.167. The van der Waals surface area contributed by atoms with Crippen molar-refractivity contribution in [1.29, 1.82) is 0 Å². The number of urea groups is 1. The summed E-state index contributed by atoms with van der Waals surface area (Å²) in [4.78, 5) is 44.6. The van der Waals surface area contributed by atoms with E-state index in [9.17, 15) is 14.4 Å². The quantitative estimate of drug-likeness (QED) is 0.133. The zero-order valence-corrected chi connectivity index (χ0v) is 30.1. The summed E-state index contributed by atoms with van der Waals surface area (Å²) >= 11 is 18.9. The van der Waals surface area contributed by atoms with E-state index >= 15 is 0 Å². The van der Waals surface area contributed by atoms with Gasteiger partial charge in [0.05, 0.1) is 10.7 Å². The molecule has 1 saturated heterocycles. The summed E-state index contributed by atoms with van der Waals surface area (Å²) in [6, 6.07) is 33.9. The molecular formula is C42H32Cl3N3O4. The Kier molecular flexibility index (Phi) is 9.26. The van der Waals surface area contributed by atoms with Gasteiger partial charge in [-0.05, 0) is 83.1 Å². The number of hydrogen-bond acceptors (Lipinski definition) is 5. The maximum atomic E-state index is 14.3. The highest BCUT2D eigenvalue weighted by Crippen LogP contribution is 2.50. The molecule has 0 aliphatic carbocycles. The zero-order valence-electron chi connectivity index (χ0n) is 27.8. The van der Waals surface area contributed by atoms with Crippen LogP contribution in [0.3, 0.4) is 0 Å². The highest BCUT2D eigenvalue weighted by atomic mass is 35.5. The van der Waals surface area contributed by atoms with Crippen molar-refractivity contribution in [2.75, 3.05) is 22.9 Å². The van der Waals surface area contributed by atoms with Gasteiger partial charge in [-0.3, -0.25) is 14.9 Å². The van der Waals surface area contributed by atoms with Crippen LogP contribution in [0.4, 0.5) is 16.2 Å². The number of carbonyl (C=O) groups excluding carboxylic acids is 3. The molecule has 52 heavy (non-hydrogen) atoms. The minimum absolute atomic E-state index is 0.0684. The Labute approximate surface area is 316 Å². The highest BCUT2D eigenvalue weighted by molar-refractivity contribution is 6.39. The minimum atomic E-state index is -0.794. The topological polar surface area (TPSA) is 79.0 Å². The second-order valence-electron chi connectivity index (χ2n) is 13.1. The molecule has 1 fully saturated rings. The third-order valence-electron chi connectivity index (χ3n) is 10.0. The largest absolute Gasteiger partial charge is 0.487 e. The van der Waals surface area contributed by atoms with Crippen molar-refractivity contribution >= 4 is 70.1 Å². The first kappa shape index (κ1) is 34.0. The third-order valence-corrected chi connectivity index (χ3v) is 10.9. The van der Waals surface area contributed by atoms with Crippen LogP contribution in [0, 0.1) is 0 Å². The van der Waals surface area contributed by atoms with E-state index in [1.165, 1.54) is 17.2 Å². The lowest BCUT2D eigenvalue weighted by Crippen LogP contribution is -2.54. The molecule has 0 saturated carbocycles. The lowest BCUT2D eigenvalue weighted by Gasteiger charge is -2.44. The normalized spacial score (nSPS) is 19.1. The van der Waals surface area contributed by atoms with Crippen LogP contribution in [0.2, 0.25) is 15.1 Å². The van der Waals surface area contributed by atoms with E-state index < -0.39 is 17.8 Å². The standard InChI is InChI=1S/C42H32Cl3N3O4/c43-29-13-12-28(36(44)21-29)24-52-38-14-11-25(20-37(38)45)19-35-40(49)46-42(51)48(41(35)50)30-22-33-31(26-7-3-1-4-8-26)15-17-47-18-16-32(34(23-30)39(33)47)27-9-5-2-6-10-27/h1-14,19-23,31-32H,15-18,24H2,(H,46,49,51)/b35-19+/t31-,32-/m0/s1. The van der Waals surface area contributed by atoms with Gasteiger partial charge in [0, 0.05) is 46.2 Å². The lowest BCUT2D eigenvalue weighted by molar-refractivity contribution is -0.122. The van der Waals surface area contributed by atoms with E-state index in [0.717, 1.165) is 53.2 Å². The number of hydrogen-bond donors (Lipinski definition) is 1. The Morgan fingerprint density at radius 2 is 1.37 bits per heavy atom. The van der Waals surface area contributed by atoms with Gasteiger partial charge in [0.2, 0.25) is 0 Å². The van der Waals surface area contributed by atoms with Crippen molar-refractivity contribution in [2.24, 2.45) is 0 Å². The number of nitrogens with zero attached hydrogens (tertiary/aromatic N) is 2. The predicted molar refractivity (Wildman–Crippen MR) is 206 cm³/mol. The number of barbiturate groups is 1. The summed E-state index contributed by atoms with van der Waals surface area (Å²) in [6.07, 6.45) is 3.23. The SMILES string of the molecule is O=C1NC(=O)N(c2cc3c4c(c2)[C@H](c2ccccc2)CCN4CC[C@H]3c2ccccc2)C(=O)/C1=C/c1ccc(OCc2ccc(Cl)cc2Cl)c(Cl)c1. The second-order valence-corrected chi connectivity index (χ2v) is 14.4. The fourth-order valence-electron chi connectivity index (χ4n) is 7.55. The number of rotatable bonds is 7. The van der Waals surface area contributed by atoms with Crippen LogP contribution in [0.5, 0.6) is 5.75 Å². The van der Waals surface area contributed by atoms with Crippen LogP contribution >= 0.6 is 34.8 Å². The first-order valence-corrected chi connectivity index (χ1v) is 18.2. The van der Waals surface area contributed by atoms with Crippen molar-refractivity contribution in [3.63, 3.8) is 0 Å². The number of amides is 4. The molecule has 10 heteroatoms. The molecule has 5 aromatic carbocycles. The van der Waals surface area contributed by atoms with E-state index in [1.807, 2.05) is 48.5 Å². The van der Waals surface area contributed by atoms with Crippen LogP contribution in [0.15, 0.2) is 115 Å². The number of carbonyl (C=O) groups is 3. The number of ether oxygens (including phenoxy) is 1. The summed E-state index contributed by atoms with van der Waals surface area (Å²) in [5, 5.41) is 3.66. The Morgan fingerprint density at radius 3 is 1.96 bits per heavy atom. The maximum absolute atomic E-state index is 14.3. The van der Waals surface area contributed by atoms with Gasteiger partial charge in [-0.1, -0.05) is 108 Å². The van der Waals surface area contributed by atoms with Gasteiger partial charge in [0.1, 0.15) is 17.9 Å². The van der Waals surface area contributed by atoms with Crippen LogP contribution in [0.25, 0.3) is 6.08 Å². The number of imide groups is 2. The number of benzene rings is 5. The van der Waals surface area contributed by atoms with E-state index in [1.54, 1.807) is 36.4 Å². The van der Waals surface area contributed by atoms with E-state index in [-0.39, 0.29) is 29.0 Å². The highest BCUT2D eigenvalue weighted by Gasteiger charge is 2.40. The molecule has 0 aromatic heterocycles. The van der Waals surface area contributed by atoms with Gasteiger partial charge in [0.25, 0.3) is 11.8 Å². The molecule has 3 heterocycles. The van der Waals surface area contributed by atoms with Gasteiger partial charge in [-0.2, -0.15) is 0 Å². The van der Waals surface area contributed by atoms with Crippen LogP contribution in [-0.2, 0) is 16.2 Å². The molecule has 0 spiro atoms. The molecule has 3 aliphatic heterocycles. The van der Waals surface area contributed by atoms with Crippen molar-refractivity contribution in [2.45, 2.75) is 31.3 Å². The third kappa shape index (κ3) is 6.45. The summed E-state index contributed by atoms with van der Waals surface area (Å²) in [6.45, 7) is 1.98. The number of nitrogens with one attached hydrogen (secondary N) is 1. The monoisotopic (exact) mass is 747 g/mol. The Bertz CT molecular complexity index is 2190. The molecule has 0 unspecified atom stereocenters. The second kappa shape index (κ2) is 14.2. The first-order valence-electron chi connectivity index (χ1n) is 17.1. The number of anilines is 2. The molecule has 8 rings (SSSR count). The maximum Gasteiger partial charge on any atom is 0.335 e. The lowest BCUT2D eigenvalue weighted by atomic mass is 9.76. The molecule has 0 bridgehead atoms. The van der Waals surface area contributed by atoms with Gasteiger partial charge in [0.15, 0.2) is 0 Å². The molecule has 0 radical (unpaired) electrons. The first-order chi connectivity index (χ1) is 25.2. The smallest absolute Gasteiger partial charge is 0.335 e. The Hall–Kier alpha value is -5.08. The van der Waals surface area contributed by atoms with Gasteiger partial charge < -0.3 is 9.64 Å². The molecule has 1 N–H and O–H groups in total. The predicted octanol–water partition coefficient (Wildman–Crippen LogP) is 9.77. The summed E-state index contributed by atoms with van der Waals surface area (Å²) in [5.41, 5.74) is 7.09. The molecule has 5 aromatic rings. The van der Waals surface area contributed by atoms with Crippen LogP contribution < -0.4 is 19.9 Å². The molecular weight excluding hydrogens is 717 g/mol. The van der Waals surface area contributed by atoms with Gasteiger partial charge >= 0.3 is 6.03 Å². The van der Waals surface area contributed by atoms with E-state index in [4.69, 9.17) is 39.5 Å². The average Bonchev–Trinajstić information content (AvgIpc) is 3.14. The summed E-state index contributed by atoms with van der Waals surface area (Å²) in [7, 11) is 0. The van der Waals surface area contributed by atoms with Crippen molar-refractivity contribution in [3.8, 4) is 5.75 Å². The van der Waals surface area contributed by atoms with Crippen molar-refractivity contribution < 1.29 is 19.1 Å². The summed E-state index contributed by atoms with van der Waals surface area (Å²) < 4.78 is 5.90. The van der Waals surface area contributed by atoms with E-state index in [2.05, 4.69) is 34.5 Å². The fourth-order valence-corrected chi connectivity index (χ4v) is 8.25. The molecule has 260 valence electrons. The number of halogens is 3. The van der Waals surface area contributed by atoms with Crippen LogP contribution in [0.1, 0.15) is 58.1 Å². The summed E-state index contributed by atoms with van der Waals surface area (Å²) in [5.74, 6) is -0.970. The zero-order chi connectivity index (χ0) is 35.9. The van der Waals surface area contributed by atoms with Crippen LogP contribution in [-0.4, -0.2) is 30.9 Å². The van der Waals surface area contributed by atoms with Crippen molar-refractivity contribution in [3.05, 3.63) is 163 Å². The Morgan fingerprint density at radius 1 is 0.731 bits per heavy atom. The Balaban J connectivity index is 1.16. The average molecular weight is 749 g/mol. The van der Waals surface area contributed by atoms with Gasteiger partial charge in [-0.25, -0.2) is 9.69 Å². The van der Waals surface area contributed by atoms with Gasteiger partial charge in [-0.15, -0.1) is 0 Å². The minimum Gasteiger partial charge on any atom is -0.487 e.